The molecule has 1 aliphatic carbocycles. The Morgan fingerprint density at radius 3 is 2.74 bits per heavy atom. The zero-order valence-electron chi connectivity index (χ0n) is 15.2. The molecular weight excluding hydrogens is 370 g/mol. The molecule has 0 saturated heterocycles. The molecule has 0 radical (unpaired) electrons. The summed E-state index contributed by atoms with van der Waals surface area (Å²) in [5, 5.41) is 6.91. The Morgan fingerprint density at radius 2 is 2.07 bits per heavy atom. The van der Waals surface area contributed by atoms with Crippen molar-refractivity contribution in [1.82, 2.24) is 5.16 Å². The molecule has 0 unspecified atom stereocenters. The van der Waals surface area contributed by atoms with Crippen molar-refractivity contribution in [3.63, 3.8) is 0 Å². The zero-order valence-corrected chi connectivity index (χ0v) is 16.0. The number of esters is 1. The number of fused-ring (bicyclic) bond motifs is 1. The second kappa shape index (κ2) is 7.91. The summed E-state index contributed by atoms with van der Waals surface area (Å²) in [6, 6.07) is 0. The monoisotopic (exact) mass is 391 g/mol. The molecule has 2 aromatic heterocycles. The maximum atomic E-state index is 12.1. The molecule has 1 aliphatic rings. The zero-order chi connectivity index (χ0) is 19.6. The van der Waals surface area contributed by atoms with Gasteiger partial charge in [-0.3, -0.25) is 14.4 Å². The number of nitrogens with two attached hydrogens (primary N) is 1. The van der Waals surface area contributed by atoms with Gasteiger partial charge in [-0.1, -0.05) is 5.16 Å². The number of anilines is 1. The largest absolute Gasteiger partial charge is 0.456 e. The van der Waals surface area contributed by atoms with Crippen molar-refractivity contribution in [2.45, 2.75) is 46.0 Å². The van der Waals surface area contributed by atoms with Crippen LogP contribution in [0.4, 0.5) is 5.00 Å². The highest BCUT2D eigenvalue weighted by molar-refractivity contribution is 7.17. The highest BCUT2D eigenvalue weighted by Gasteiger charge is 2.26. The summed E-state index contributed by atoms with van der Waals surface area (Å²) in [5.74, 6) is -0.874. The molecule has 0 spiro atoms. The minimum absolute atomic E-state index is 0.121. The highest BCUT2D eigenvalue weighted by Crippen LogP contribution is 2.38. The molecule has 27 heavy (non-hydrogen) atoms. The molecule has 3 N–H and O–H groups in total. The van der Waals surface area contributed by atoms with Crippen LogP contribution in [0.1, 0.15) is 50.7 Å². The number of nitrogens with zero attached hydrogens (tertiary/aromatic N) is 1. The second-order valence-corrected chi connectivity index (χ2v) is 7.54. The topological polar surface area (TPSA) is 125 Å². The maximum Gasteiger partial charge on any atom is 0.306 e. The minimum Gasteiger partial charge on any atom is -0.456 e. The normalized spacial score (nSPS) is 12.7. The van der Waals surface area contributed by atoms with Gasteiger partial charge in [0.1, 0.15) is 10.8 Å². The van der Waals surface area contributed by atoms with Crippen molar-refractivity contribution >= 4 is 34.1 Å². The molecule has 0 fully saturated rings. The van der Waals surface area contributed by atoms with E-state index < -0.39 is 24.4 Å². The van der Waals surface area contributed by atoms with E-state index in [1.165, 1.54) is 11.3 Å². The van der Waals surface area contributed by atoms with Gasteiger partial charge < -0.3 is 20.3 Å². The summed E-state index contributed by atoms with van der Waals surface area (Å²) < 4.78 is 10.1. The molecular formula is C18H21N3O5S. The van der Waals surface area contributed by atoms with Crippen molar-refractivity contribution in [3.05, 3.63) is 33.0 Å². The standard InChI is InChI=1S/C18H21N3O5S/c1-9-11(10(2)26-21-9)6-7-15(23)25-8-14(22)20-18-16(17(19)24)12-4-3-5-13(12)27-18/h3-8H2,1-2H3,(H2,19,24)(H,20,22). The summed E-state index contributed by atoms with van der Waals surface area (Å²) >= 11 is 1.36. The number of ether oxygens (including phenoxy) is 1. The summed E-state index contributed by atoms with van der Waals surface area (Å²) in [4.78, 5) is 36.8. The van der Waals surface area contributed by atoms with E-state index in [1.807, 2.05) is 0 Å². The van der Waals surface area contributed by atoms with E-state index in [9.17, 15) is 14.4 Å². The fourth-order valence-corrected chi connectivity index (χ4v) is 4.53. The predicted molar refractivity (Wildman–Crippen MR) is 98.7 cm³/mol. The van der Waals surface area contributed by atoms with Crippen molar-refractivity contribution in [2.24, 2.45) is 5.73 Å². The van der Waals surface area contributed by atoms with Crippen LogP contribution >= 0.6 is 11.3 Å². The number of nitrogens with one attached hydrogen (secondary N) is 1. The van der Waals surface area contributed by atoms with Crippen LogP contribution in [-0.2, 0) is 33.6 Å². The number of aromatic nitrogens is 1. The molecule has 2 heterocycles. The van der Waals surface area contributed by atoms with Gasteiger partial charge in [0.05, 0.1) is 11.3 Å². The van der Waals surface area contributed by atoms with Crippen LogP contribution < -0.4 is 11.1 Å². The molecule has 144 valence electrons. The van der Waals surface area contributed by atoms with Crippen LogP contribution in [0.15, 0.2) is 4.52 Å². The number of hydrogen-bond acceptors (Lipinski definition) is 7. The van der Waals surface area contributed by atoms with E-state index in [0.717, 1.165) is 41.0 Å². The Balaban J connectivity index is 1.51. The third-order valence-electron chi connectivity index (χ3n) is 4.55. The van der Waals surface area contributed by atoms with Crippen molar-refractivity contribution in [3.8, 4) is 0 Å². The number of primary amides is 1. The van der Waals surface area contributed by atoms with Gasteiger partial charge >= 0.3 is 5.97 Å². The van der Waals surface area contributed by atoms with E-state index in [0.29, 0.717) is 22.7 Å². The smallest absolute Gasteiger partial charge is 0.306 e. The maximum absolute atomic E-state index is 12.1. The summed E-state index contributed by atoms with van der Waals surface area (Å²) in [6.45, 7) is 3.17. The fourth-order valence-electron chi connectivity index (χ4n) is 3.22. The van der Waals surface area contributed by atoms with Gasteiger partial charge in [0.15, 0.2) is 6.61 Å². The molecule has 0 atom stereocenters. The van der Waals surface area contributed by atoms with E-state index in [1.54, 1.807) is 13.8 Å². The first-order valence-corrected chi connectivity index (χ1v) is 9.50. The van der Waals surface area contributed by atoms with E-state index in [4.69, 9.17) is 15.0 Å². The number of rotatable bonds is 7. The Kier molecular flexibility index (Phi) is 5.59. The van der Waals surface area contributed by atoms with Crippen molar-refractivity contribution in [2.75, 3.05) is 11.9 Å². The summed E-state index contributed by atoms with van der Waals surface area (Å²) in [6.07, 6.45) is 3.21. The lowest BCUT2D eigenvalue weighted by Crippen LogP contribution is -2.22. The van der Waals surface area contributed by atoms with Crippen molar-refractivity contribution in [1.29, 1.82) is 0 Å². The van der Waals surface area contributed by atoms with Gasteiger partial charge in [0.2, 0.25) is 0 Å². The molecule has 8 nitrogen and oxygen atoms in total. The predicted octanol–water partition coefficient (Wildman–Crippen LogP) is 2.06. The first-order valence-electron chi connectivity index (χ1n) is 8.68. The number of thiophene rings is 1. The van der Waals surface area contributed by atoms with Crippen LogP contribution in [-0.4, -0.2) is 29.5 Å². The van der Waals surface area contributed by atoms with Gasteiger partial charge in [-0.25, -0.2) is 0 Å². The first-order chi connectivity index (χ1) is 12.9. The molecule has 2 amide bonds. The van der Waals surface area contributed by atoms with Gasteiger partial charge in [-0.15, -0.1) is 11.3 Å². The molecule has 0 aliphatic heterocycles. The van der Waals surface area contributed by atoms with Crippen LogP contribution in [0, 0.1) is 13.8 Å². The third kappa shape index (κ3) is 4.19. The van der Waals surface area contributed by atoms with Crippen LogP contribution in [0.3, 0.4) is 0 Å². The van der Waals surface area contributed by atoms with E-state index >= 15 is 0 Å². The Morgan fingerprint density at radius 1 is 1.30 bits per heavy atom. The summed E-state index contributed by atoms with van der Waals surface area (Å²) in [5.41, 5.74) is 8.38. The number of amides is 2. The molecule has 2 aromatic rings. The second-order valence-electron chi connectivity index (χ2n) is 6.44. The molecule has 0 bridgehead atoms. The quantitative estimate of drug-likeness (QED) is 0.696. The van der Waals surface area contributed by atoms with E-state index in [-0.39, 0.29) is 6.42 Å². The summed E-state index contributed by atoms with van der Waals surface area (Å²) in [7, 11) is 0. The molecule has 3 rings (SSSR count). The Labute approximate surface area is 160 Å². The SMILES string of the molecule is Cc1noc(C)c1CCC(=O)OCC(=O)Nc1sc2c(c1C(N)=O)CCC2. The van der Waals surface area contributed by atoms with E-state index in [2.05, 4.69) is 10.5 Å². The number of carbonyl (C=O) groups is 3. The minimum atomic E-state index is -0.554. The Bertz CT molecular complexity index is 880. The lowest BCUT2D eigenvalue weighted by atomic mass is 10.1. The van der Waals surface area contributed by atoms with Crippen LogP contribution in [0.5, 0.6) is 0 Å². The van der Waals surface area contributed by atoms with Gasteiger partial charge in [0.25, 0.3) is 11.8 Å². The lowest BCUT2D eigenvalue weighted by molar-refractivity contribution is -0.147. The Hall–Kier alpha value is -2.68. The first kappa shape index (κ1) is 19.1. The third-order valence-corrected chi connectivity index (χ3v) is 5.75. The van der Waals surface area contributed by atoms with Crippen molar-refractivity contribution < 1.29 is 23.6 Å². The average Bonchev–Trinajstić information content (AvgIpc) is 3.26. The fraction of sp³-hybridized carbons (Fsp3) is 0.444. The molecule has 0 aromatic carbocycles. The van der Waals surface area contributed by atoms with Gasteiger partial charge in [-0.05, 0) is 45.1 Å². The number of carbonyl (C=O) groups excluding carboxylic acids is 3. The molecule has 0 saturated carbocycles. The lowest BCUT2D eigenvalue weighted by Gasteiger charge is -2.07. The number of aryl methyl sites for hydroxylation is 3. The highest BCUT2D eigenvalue weighted by atomic mass is 32.1. The molecule has 9 heteroatoms. The average molecular weight is 391 g/mol. The van der Waals surface area contributed by atoms with Crippen LogP contribution in [0.25, 0.3) is 0 Å². The van der Waals surface area contributed by atoms with Crippen LogP contribution in [0.2, 0.25) is 0 Å². The van der Waals surface area contributed by atoms with Gasteiger partial charge in [-0.2, -0.15) is 0 Å². The van der Waals surface area contributed by atoms with Gasteiger partial charge in [0, 0.05) is 16.9 Å². The number of hydrogen-bond donors (Lipinski definition) is 2.